The van der Waals surface area contributed by atoms with E-state index in [-0.39, 0.29) is 17.0 Å². The normalized spacial score (nSPS) is 10.5. The topological polar surface area (TPSA) is 72.2 Å². The molecule has 3 aromatic rings. The summed E-state index contributed by atoms with van der Waals surface area (Å²) in [4.78, 5) is 25.5. The summed E-state index contributed by atoms with van der Waals surface area (Å²) in [5.74, 6) is -0.616. The first-order valence-electron chi connectivity index (χ1n) is 7.25. The molecule has 0 aliphatic heterocycles. The highest BCUT2D eigenvalue weighted by molar-refractivity contribution is 9.10. The third-order valence-electron chi connectivity index (χ3n) is 3.50. The minimum atomic E-state index is -0.395. The molecule has 0 aliphatic rings. The van der Waals surface area contributed by atoms with Gasteiger partial charge in [-0.05, 0) is 24.3 Å². The van der Waals surface area contributed by atoms with Crippen LogP contribution in [0.15, 0.2) is 63.3 Å². The Balaban J connectivity index is 1.90. The highest BCUT2D eigenvalue weighted by Gasteiger charge is 2.24. The Kier molecular flexibility index (Phi) is 5.27. The molecule has 7 heteroatoms. The molecule has 126 valence electrons. The number of hydrogen-bond donors (Lipinski definition) is 3. The standard InChI is InChI=1S/C18H13BrN2O2S2/c19-11-6-8-12(9-7-11)21-17(23)13-14(20)16(25-18(13)24)15(22)10-4-2-1-3-5-10/h1-9,24H,20H2,(H,21,23). The molecular formula is C18H13BrN2O2S2. The van der Waals surface area contributed by atoms with Crippen molar-refractivity contribution in [2.24, 2.45) is 0 Å². The van der Waals surface area contributed by atoms with Crippen LogP contribution in [0, 0.1) is 0 Å². The van der Waals surface area contributed by atoms with Gasteiger partial charge in [-0.1, -0.05) is 46.3 Å². The molecule has 1 heterocycles. The second kappa shape index (κ2) is 7.43. The van der Waals surface area contributed by atoms with Crippen LogP contribution in [-0.4, -0.2) is 11.7 Å². The Morgan fingerprint density at radius 2 is 1.68 bits per heavy atom. The predicted molar refractivity (Wildman–Crippen MR) is 108 cm³/mol. The Bertz CT molecular complexity index is 938. The van der Waals surface area contributed by atoms with Gasteiger partial charge < -0.3 is 11.1 Å². The minimum Gasteiger partial charge on any atom is -0.397 e. The summed E-state index contributed by atoms with van der Waals surface area (Å²) < 4.78 is 1.32. The van der Waals surface area contributed by atoms with Gasteiger partial charge in [0, 0.05) is 15.7 Å². The Morgan fingerprint density at radius 1 is 1.04 bits per heavy atom. The maximum atomic E-state index is 12.6. The molecule has 1 aromatic heterocycles. The first kappa shape index (κ1) is 17.7. The van der Waals surface area contributed by atoms with Crippen molar-refractivity contribution in [2.45, 2.75) is 4.21 Å². The van der Waals surface area contributed by atoms with E-state index in [0.29, 0.717) is 20.3 Å². The van der Waals surface area contributed by atoms with Gasteiger partial charge in [-0.3, -0.25) is 9.59 Å². The second-order valence-electron chi connectivity index (χ2n) is 5.18. The van der Waals surface area contributed by atoms with Crippen molar-refractivity contribution >= 4 is 63.0 Å². The van der Waals surface area contributed by atoms with E-state index in [1.165, 1.54) is 0 Å². The fraction of sp³-hybridized carbons (Fsp3) is 0. The summed E-state index contributed by atoms with van der Waals surface area (Å²) in [7, 11) is 0. The Labute approximate surface area is 162 Å². The number of hydrogen-bond acceptors (Lipinski definition) is 5. The SMILES string of the molecule is Nc1c(C(=O)c2ccccc2)sc(S)c1C(=O)Nc1ccc(Br)cc1. The molecule has 4 nitrogen and oxygen atoms in total. The maximum absolute atomic E-state index is 12.6. The number of benzene rings is 2. The van der Waals surface area contributed by atoms with E-state index in [1.807, 2.05) is 18.2 Å². The number of anilines is 2. The van der Waals surface area contributed by atoms with Gasteiger partial charge in [0.15, 0.2) is 0 Å². The zero-order valence-corrected chi connectivity index (χ0v) is 16.1. The molecule has 3 N–H and O–H groups in total. The fourth-order valence-corrected chi connectivity index (χ4v) is 3.95. The summed E-state index contributed by atoms with van der Waals surface area (Å²) in [6.45, 7) is 0. The van der Waals surface area contributed by atoms with E-state index in [4.69, 9.17) is 5.73 Å². The van der Waals surface area contributed by atoms with Crippen LogP contribution < -0.4 is 11.1 Å². The quantitative estimate of drug-likeness (QED) is 0.406. The summed E-state index contributed by atoms with van der Waals surface area (Å²) in [5, 5.41) is 2.77. The second-order valence-corrected chi connectivity index (χ2v) is 7.87. The minimum absolute atomic E-state index is 0.151. The van der Waals surface area contributed by atoms with Gasteiger partial charge in [-0.15, -0.1) is 24.0 Å². The number of carbonyl (C=O) groups is 2. The van der Waals surface area contributed by atoms with Crippen LogP contribution in [0.1, 0.15) is 25.6 Å². The number of thiophene rings is 1. The van der Waals surface area contributed by atoms with Crippen molar-refractivity contribution in [3.63, 3.8) is 0 Å². The lowest BCUT2D eigenvalue weighted by Crippen LogP contribution is -2.14. The summed E-state index contributed by atoms with van der Waals surface area (Å²) in [6.07, 6.45) is 0. The zero-order chi connectivity index (χ0) is 18.0. The van der Waals surface area contributed by atoms with E-state index in [1.54, 1.807) is 36.4 Å². The summed E-state index contributed by atoms with van der Waals surface area (Å²) >= 11 is 8.78. The monoisotopic (exact) mass is 432 g/mol. The van der Waals surface area contributed by atoms with Crippen LogP contribution >= 0.6 is 39.9 Å². The molecule has 0 bridgehead atoms. The predicted octanol–water partition coefficient (Wildman–Crippen LogP) is 4.86. The van der Waals surface area contributed by atoms with Crippen LogP contribution in [0.2, 0.25) is 0 Å². The van der Waals surface area contributed by atoms with Crippen molar-refractivity contribution < 1.29 is 9.59 Å². The molecule has 0 unspecified atom stereocenters. The van der Waals surface area contributed by atoms with Gasteiger partial charge in [0.2, 0.25) is 5.78 Å². The highest BCUT2D eigenvalue weighted by atomic mass is 79.9. The fourth-order valence-electron chi connectivity index (χ4n) is 2.27. The van der Waals surface area contributed by atoms with Crippen molar-refractivity contribution in [3.8, 4) is 0 Å². The van der Waals surface area contributed by atoms with E-state index in [0.717, 1.165) is 15.8 Å². The third kappa shape index (κ3) is 3.78. The van der Waals surface area contributed by atoms with Crippen molar-refractivity contribution in [1.29, 1.82) is 0 Å². The van der Waals surface area contributed by atoms with Gasteiger partial charge >= 0.3 is 0 Å². The smallest absolute Gasteiger partial charge is 0.259 e. The average Bonchev–Trinajstić information content (AvgIpc) is 2.91. The van der Waals surface area contributed by atoms with Crippen LogP contribution in [0.3, 0.4) is 0 Å². The number of rotatable bonds is 4. The lowest BCUT2D eigenvalue weighted by atomic mass is 10.1. The number of halogens is 1. The van der Waals surface area contributed by atoms with Crippen LogP contribution in [0.4, 0.5) is 11.4 Å². The molecule has 25 heavy (non-hydrogen) atoms. The van der Waals surface area contributed by atoms with Gasteiger partial charge in [-0.2, -0.15) is 0 Å². The highest BCUT2D eigenvalue weighted by Crippen LogP contribution is 2.35. The number of nitrogens with one attached hydrogen (secondary N) is 1. The molecule has 2 aromatic carbocycles. The molecule has 0 radical (unpaired) electrons. The molecule has 0 aliphatic carbocycles. The lowest BCUT2D eigenvalue weighted by Gasteiger charge is -2.06. The number of carbonyl (C=O) groups excluding carboxylic acids is 2. The van der Waals surface area contributed by atoms with Crippen molar-refractivity contribution in [3.05, 3.63) is 75.1 Å². The molecule has 0 atom stereocenters. The molecule has 0 fully saturated rings. The first-order chi connectivity index (χ1) is 12.0. The molecular weight excluding hydrogens is 420 g/mol. The Hall–Kier alpha value is -2.09. The lowest BCUT2D eigenvalue weighted by molar-refractivity contribution is 0.102. The first-order valence-corrected chi connectivity index (χ1v) is 9.31. The molecule has 3 rings (SSSR count). The third-order valence-corrected chi connectivity index (χ3v) is 5.53. The molecule has 0 saturated heterocycles. The van der Waals surface area contributed by atoms with E-state index < -0.39 is 5.91 Å². The molecule has 0 saturated carbocycles. The van der Waals surface area contributed by atoms with Gasteiger partial charge in [0.25, 0.3) is 5.91 Å². The number of thiol groups is 1. The van der Waals surface area contributed by atoms with Gasteiger partial charge in [0.1, 0.15) is 0 Å². The van der Waals surface area contributed by atoms with E-state index >= 15 is 0 Å². The van der Waals surface area contributed by atoms with Crippen LogP contribution in [0.25, 0.3) is 0 Å². The van der Waals surface area contributed by atoms with E-state index in [9.17, 15) is 9.59 Å². The maximum Gasteiger partial charge on any atom is 0.259 e. The largest absolute Gasteiger partial charge is 0.397 e. The molecule has 0 spiro atoms. The van der Waals surface area contributed by atoms with Crippen molar-refractivity contribution in [1.82, 2.24) is 0 Å². The van der Waals surface area contributed by atoms with E-state index in [2.05, 4.69) is 33.9 Å². The average molecular weight is 433 g/mol. The summed E-state index contributed by atoms with van der Waals surface area (Å²) in [6, 6.07) is 16.0. The number of ketones is 1. The van der Waals surface area contributed by atoms with Crippen LogP contribution in [0.5, 0.6) is 0 Å². The van der Waals surface area contributed by atoms with Gasteiger partial charge in [0.05, 0.1) is 20.3 Å². The zero-order valence-electron chi connectivity index (χ0n) is 12.8. The van der Waals surface area contributed by atoms with Crippen molar-refractivity contribution in [2.75, 3.05) is 11.1 Å². The number of nitrogen functional groups attached to an aromatic ring is 1. The van der Waals surface area contributed by atoms with Crippen LogP contribution in [-0.2, 0) is 0 Å². The molecule has 1 amide bonds. The number of amides is 1. The number of nitrogens with two attached hydrogens (primary N) is 1. The van der Waals surface area contributed by atoms with Gasteiger partial charge in [-0.25, -0.2) is 0 Å². The Morgan fingerprint density at radius 3 is 2.32 bits per heavy atom. The summed E-state index contributed by atoms with van der Waals surface area (Å²) in [5.41, 5.74) is 7.61.